The molecule has 4 rings (SSSR count). The molecule has 29 heavy (non-hydrogen) atoms. The van der Waals surface area contributed by atoms with E-state index in [4.69, 9.17) is 0 Å². The number of nitrogens with zero attached hydrogens (tertiary/aromatic N) is 7. The van der Waals surface area contributed by atoms with Crippen molar-refractivity contribution >= 4 is 5.91 Å². The van der Waals surface area contributed by atoms with E-state index in [9.17, 15) is 9.18 Å². The van der Waals surface area contributed by atoms with Crippen molar-refractivity contribution in [3.63, 3.8) is 0 Å². The second-order valence-corrected chi connectivity index (χ2v) is 7.36. The van der Waals surface area contributed by atoms with Gasteiger partial charge >= 0.3 is 0 Å². The fourth-order valence-corrected chi connectivity index (χ4v) is 3.65. The van der Waals surface area contributed by atoms with Crippen LogP contribution in [0.25, 0.3) is 5.69 Å². The molecular weight excluding hydrogens is 373 g/mol. The number of carbonyl (C=O) groups is 1. The maximum Gasteiger partial charge on any atom is 0.276 e. The van der Waals surface area contributed by atoms with Gasteiger partial charge in [-0.2, -0.15) is 5.10 Å². The monoisotopic (exact) mass is 397 g/mol. The van der Waals surface area contributed by atoms with Gasteiger partial charge in [-0.25, -0.2) is 9.07 Å². The van der Waals surface area contributed by atoms with Gasteiger partial charge in [0.15, 0.2) is 5.69 Å². The Balaban J connectivity index is 1.44. The zero-order valence-electron chi connectivity index (χ0n) is 16.6. The highest BCUT2D eigenvalue weighted by Gasteiger charge is 2.25. The Kier molecular flexibility index (Phi) is 5.39. The van der Waals surface area contributed by atoms with E-state index < -0.39 is 0 Å². The average molecular weight is 397 g/mol. The molecule has 0 aliphatic carbocycles. The molecule has 3 aromatic rings. The number of rotatable bonds is 4. The van der Waals surface area contributed by atoms with Gasteiger partial charge in [0.05, 0.1) is 17.6 Å². The van der Waals surface area contributed by atoms with Gasteiger partial charge in [0, 0.05) is 51.5 Å². The lowest BCUT2D eigenvalue weighted by atomic mass is 10.2. The fourth-order valence-electron chi connectivity index (χ4n) is 3.65. The minimum atomic E-state index is -0.316. The summed E-state index contributed by atoms with van der Waals surface area (Å²) in [6.45, 7) is 5.69. The Morgan fingerprint density at radius 2 is 1.93 bits per heavy atom. The van der Waals surface area contributed by atoms with Gasteiger partial charge in [-0.3, -0.25) is 14.4 Å². The van der Waals surface area contributed by atoms with Crippen molar-refractivity contribution in [2.75, 3.05) is 26.2 Å². The van der Waals surface area contributed by atoms with Crippen LogP contribution in [0.2, 0.25) is 0 Å². The maximum absolute atomic E-state index is 13.2. The van der Waals surface area contributed by atoms with Crippen LogP contribution in [0.5, 0.6) is 0 Å². The average Bonchev–Trinajstić information content (AvgIpc) is 3.20. The summed E-state index contributed by atoms with van der Waals surface area (Å²) in [6, 6.07) is 5.97. The van der Waals surface area contributed by atoms with Crippen molar-refractivity contribution in [2.24, 2.45) is 7.05 Å². The summed E-state index contributed by atoms with van der Waals surface area (Å²) >= 11 is 0. The molecule has 2 aromatic heterocycles. The predicted molar refractivity (Wildman–Crippen MR) is 105 cm³/mol. The zero-order valence-corrected chi connectivity index (χ0v) is 16.6. The predicted octanol–water partition coefficient (Wildman–Crippen LogP) is 1.80. The molecule has 0 unspecified atom stereocenters. The lowest BCUT2D eigenvalue weighted by Gasteiger charge is -2.21. The van der Waals surface area contributed by atoms with E-state index in [2.05, 4.69) is 20.3 Å². The highest BCUT2D eigenvalue weighted by atomic mass is 19.1. The summed E-state index contributed by atoms with van der Waals surface area (Å²) < 4.78 is 16.5. The third-order valence-electron chi connectivity index (χ3n) is 5.21. The first-order chi connectivity index (χ1) is 14.0. The molecule has 8 nitrogen and oxygen atoms in total. The van der Waals surface area contributed by atoms with E-state index in [0.29, 0.717) is 30.2 Å². The van der Waals surface area contributed by atoms with Crippen LogP contribution >= 0.6 is 0 Å². The molecule has 0 bridgehead atoms. The number of halogens is 1. The van der Waals surface area contributed by atoms with E-state index in [0.717, 1.165) is 26.1 Å². The molecule has 3 heterocycles. The van der Waals surface area contributed by atoms with Crippen LogP contribution in [-0.2, 0) is 13.6 Å². The topological polar surface area (TPSA) is 72.1 Å². The van der Waals surface area contributed by atoms with Gasteiger partial charge in [0.2, 0.25) is 0 Å². The van der Waals surface area contributed by atoms with Gasteiger partial charge < -0.3 is 4.90 Å². The maximum atomic E-state index is 13.2. The largest absolute Gasteiger partial charge is 0.336 e. The third-order valence-corrected chi connectivity index (χ3v) is 5.21. The fraction of sp³-hybridized carbons (Fsp3) is 0.400. The molecular formula is C20H24FN7O. The highest BCUT2D eigenvalue weighted by molar-refractivity contribution is 5.93. The lowest BCUT2D eigenvalue weighted by Crippen LogP contribution is -2.35. The molecule has 1 amide bonds. The first kappa shape index (κ1) is 19.3. The van der Waals surface area contributed by atoms with Crippen molar-refractivity contribution in [3.8, 4) is 5.69 Å². The molecule has 1 aliphatic heterocycles. The molecule has 152 valence electrons. The summed E-state index contributed by atoms with van der Waals surface area (Å²) in [5, 5.41) is 12.4. The lowest BCUT2D eigenvalue weighted by molar-refractivity contribution is 0.0754. The molecule has 0 N–H and O–H groups in total. The summed E-state index contributed by atoms with van der Waals surface area (Å²) in [6.07, 6.45) is 4.80. The van der Waals surface area contributed by atoms with Crippen molar-refractivity contribution in [1.29, 1.82) is 0 Å². The normalized spacial score (nSPS) is 15.5. The summed E-state index contributed by atoms with van der Waals surface area (Å²) in [5.74, 6) is -0.428. The summed E-state index contributed by atoms with van der Waals surface area (Å²) in [7, 11) is 1.91. The van der Waals surface area contributed by atoms with E-state index in [1.165, 1.54) is 17.7 Å². The summed E-state index contributed by atoms with van der Waals surface area (Å²) in [4.78, 5) is 17.2. The molecule has 9 heteroatoms. The highest BCUT2D eigenvalue weighted by Crippen LogP contribution is 2.16. The number of hydrogen-bond donors (Lipinski definition) is 0. The smallest absolute Gasteiger partial charge is 0.276 e. The van der Waals surface area contributed by atoms with Crippen LogP contribution in [0, 0.1) is 12.7 Å². The Hall–Kier alpha value is -3.07. The molecule has 0 spiro atoms. The number of aryl methyl sites for hydroxylation is 1. The summed E-state index contributed by atoms with van der Waals surface area (Å²) in [5.41, 5.74) is 2.84. The van der Waals surface area contributed by atoms with Crippen molar-refractivity contribution < 1.29 is 9.18 Å². The van der Waals surface area contributed by atoms with E-state index in [-0.39, 0.29) is 11.7 Å². The number of hydrogen-bond acceptors (Lipinski definition) is 5. The van der Waals surface area contributed by atoms with E-state index >= 15 is 0 Å². The van der Waals surface area contributed by atoms with E-state index in [1.807, 2.05) is 31.3 Å². The first-order valence-electron chi connectivity index (χ1n) is 9.68. The number of amides is 1. The third kappa shape index (κ3) is 4.19. The van der Waals surface area contributed by atoms with Crippen molar-refractivity contribution in [3.05, 3.63) is 59.4 Å². The molecule has 1 saturated heterocycles. The molecule has 1 aromatic carbocycles. The molecule has 1 aliphatic rings. The Morgan fingerprint density at radius 1 is 1.14 bits per heavy atom. The standard InChI is InChI=1S/C20H24FN7O/c1-15-19(23-24-28(15)18-6-4-17(21)5-7-18)20(29)27-9-3-8-26(10-11-27)14-16-12-22-25(2)13-16/h4-7,12-13H,3,8-11,14H2,1-2H3. The van der Waals surface area contributed by atoms with Crippen LogP contribution in [0.15, 0.2) is 36.7 Å². The van der Waals surface area contributed by atoms with Crippen molar-refractivity contribution in [1.82, 2.24) is 34.6 Å². The molecule has 0 atom stereocenters. The van der Waals surface area contributed by atoms with Gasteiger partial charge in [-0.1, -0.05) is 5.21 Å². The molecule has 1 fully saturated rings. The first-order valence-corrected chi connectivity index (χ1v) is 9.68. The number of carbonyl (C=O) groups excluding carboxylic acids is 1. The van der Waals surface area contributed by atoms with Gasteiger partial charge in [0.1, 0.15) is 5.82 Å². The van der Waals surface area contributed by atoms with Crippen LogP contribution in [-0.4, -0.2) is 66.7 Å². The van der Waals surface area contributed by atoms with Gasteiger partial charge in [-0.05, 0) is 37.6 Å². The Labute approximate surface area is 168 Å². The van der Waals surface area contributed by atoms with Crippen LogP contribution in [0.1, 0.15) is 28.2 Å². The Morgan fingerprint density at radius 3 is 2.66 bits per heavy atom. The van der Waals surface area contributed by atoms with Gasteiger partial charge in [0.25, 0.3) is 5.91 Å². The van der Waals surface area contributed by atoms with Crippen molar-refractivity contribution in [2.45, 2.75) is 19.9 Å². The Bertz CT molecular complexity index is 995. The van der Waals surface area contributed by atoms with Crippen LogP contribution in [0.4, 0.5) is 4.39 Å². The minimum absolute atomic E-state index is 0.112. The van der Waals surface area contributed by atoms with Crippen LogP contribution < -0.4 is 0 Å². The quantitative estimate of drug-likeness (QED) is 0.671. The second-order valence-electron chi connectivity index (χ2n) is 7.36. The van der Waals surface area contributed by atoms with E-state index in [1.54, 1.807) is 21.5 Å². The van der Waals surface area contributed by atoms with Crippen LogP contribution in [0.3, 0.4) is 0 Å². The minimum Gasteiger partial charge on any atom is -0.336 e. The van der Waals surface area contributed by atoms with Gasteiger partial charge in [-0.15, -0.1) is 5.10 Å². The zero-order chi connectivity index (χ0) is 20.4. The number of aromatic nitrogens is 5. The SMILES string of the molecule is Cc1c(C(=O)N2CCCN(Cc3cnn(C)c3)CC2)nnn1-c1ccc(F)cc1. The molecule has 0 radical (unpaired) electrons. The second kappa shape index (κ2) is 8.12. The number of benzene rings is 1. The molecule has 0 saturated carbocycles.